The van der Waals surface area contributed by atoms with Crippen LogP contribution in [0.15, 0.2) is 11.1 Å². The second-order valence-corrected chi connectivity index (χ2v) is 5.63. The van der Waals surface area contributed by atoms with Gasteiger partial charge in [-0.15, -0.1) is 0 Å². The van der Waals surface area contributed by atoms with E-state index in [0.29, 0.717) is 18.8 Å². The first-order valence-corrected chi connectivity index (χ1v) is 6.21. The third-order valence-corrected chi connectivity index (χ3v) is 4.00. The van der Waals surface area contributed by atoms with Gasteiger partial charge in [-0.3, -0.25) is 4.79 Å². The van der Waals surface area contributed by atoms with Gasteiger partial charge in [0.05, 0.1) is 0 Å². The third kappa shape index (κ3) is 2.37. The molecule has 0 aromatic heterocycles. The van der Waals surface area contributed by atoms with E-state index >= 15 is 0 Å². The second-order valence-electron chi connectivity index (χ2n) is 5.63. The molecule has 2 nitrogen and oxygen atoms in total. The summed E-state index contributed by atoms with van der Waals surface area (Å²) in [6.45, 7) is 10.1. The predicted octanol–water partition coefficient (Wildman–Crippen LogP) is 3.10. The number of Topliss-reactive ketones (excluding diaryl/α,β-unsaturated/α-hetero) is 1. The van der Waals surface area contributed by atoms with Gasteiger partial charge >= 0.3 is 0 Å². The molecule has 0 radical (unpaired) electrons. The van der Waals surface area contributed by atoms with Crippen molar-refractivity contribution in [3.63, 3.8) is 0 Å². The monoisotopic (exact) mass is 224 g/mol. The van der Waals surface area contributed by atoms with Crippen molar-refractivity contribution in [2.75, 3.05) is 0 Å². The highest BCUT2D eigenvalue weighted by atomic mass is 16.3. The first-order chi connectivity index (χ1) is 7.29. The summed E-state index contributed by atoms with van der Waals surface area (Å²) in [6.07, 6.45) is 1.91. The summed E-state index contributed by atoms with van der Waals surface area (Å²) < 4.78 is 0. The van der Waals surface area contributed by atoms with Gasteiger partial charge in [-0.1, -0.05) is 31.9 Å². The molecule has 1 aliphatic carbocycles. The van der Waals surface area contributed by atoms with Gasteiger partial charge in [0.1, 0.15) is 5.60 Å². The van der Waals surface area contributed by atoms with Crippen molar-refractivity contribution < 1.29 is 9.90 Å². The predicted molar refractivity (Wildman–Crippen MR) is 66.2 cm³/mol. The van der Waals surface area contributed by atoms with Crippen LogP contribution in [0.5, 0.6) is 0 Å². The van der Waals surface area contributed by atoms with Crippen LogP contribution in [0.4, 0.5) is 0 Å². The number of hydrogen-bond acceptors (Lipinski definition) is 2. The SMILES string of the molecule is CC1=C(C)C(C)C(O)(C(=O)CC(C)C)CC1. The van der Waals surface area contributed by atoms with Crippen LogP contribution in [0.1, 0.15) is 53.9 Å². The number of rotatable bonds is 3. The quantitative estimate of drug-likeness (QED) is 0.748. The van der Waals surface area contributed by atoms with E-state index < -0.39 is 5.60 Å². The van der Waals surface area contributed by atoms with E-state index in [1.54, 1.807) is 0 Å². The highest BCUT2D eigenvalue weighted by Crippen LogP contribution is 2.39. The fourth-order valence-corrected chi connectivity index (χ4v) is 2.45. The van der Waals surface area contributed by atoms with Crippen molar-refractivity contribution in [1.82, 2.24) is 0 Å². The summed E-state index contributed by atoms with van der Waals surface area (Å²) in [6, 6.07) is 0. The highest BCUT2D eigenvalue weighted by Gasteiger charge is 2.43. The molecule has 2 atom stereocenters. The molecule has 0 amide bonds. The molecule has 0 bridgehead atoms. The van der Waals surface area contributed by atoms with Gasteiger partial charge in [0.25, 0.3) is 0 Å². The Balaban J connectivity index is 2.91. The van der Waals surface area contributed by atoms with Gasteiger partial charge < -0.3 is 5.11 Å². The van der Waals surface area contributed by atoms with Crippen molar-refractivity contribution in [1.29, 1.82) is 0 Å². The Kier molecular flexibility index (Phi) is 3.95. The molecule has 0 spiro atoms. The van der Waals surface area contributed by atoms with E-state index in [0.717, 1.165) is 6.42 Å². The summed E-state index contributed by atoms with van der Waals surface area (Å²) in [7, 11) is 0. The van der Waals surface area contributed by atoms with Crippen molar-refractivity contribution >= 4 is 5.78 Å². The van der Waals surface area contributed by atoms with E-state index in [2.05, 4.69) is 6.92 Å². The minimum absolute atomic E-state index is 0.0156. The Bertz CT molecular complexity index is 315. The normalized spacial score (nSPS) is 31.1. The van der Waals surface area contributed by atoms with E-state index in [1.165, 1.54) is 11.1 Å². The molecule has 1 N–H and O–H groups in total. The summed E-state index contributed by atoms with van der Waals surface area (Å²) in [5.41, 5.74) is 1.40. The fourth-order valence-electron chi connectivity index (χ4n) is 2.45. The zero-order chi connectivity index (χ0) is 12.5. The lowest BCUT2D eigenvalue weighted by Crippen LogP contribution is -2.47. The molecule has 0 fully saturated rings. The van der Waals surface area contributed by atoms with Crippen molar-refractivity contribution in [3.05, 3.63) is 11.1 Å². The smallest absolute Gasteiger partial charge is 0.165 e. The Labute approximate surface area is 98.7 Å². The van der Waals surface area contributed by atoms with Crippen LogP contribution in [0.2, 0.25) is 0 Å². The zero-order valence-corrected chi connectivity index (χ0v) is 11.1. The molecular formula is C14H24O2. The molecule has 0 saturated carbocycles. The Morgan fingerprint density at radius 3 is 2.56 bits per heavy atom. The number of ketones is 1. The molecule has 1 rings (SSSR count). The summed E-state index contributed by atoms with van der Waals surface area (Å²) >= 11 is 0. The largest absolute Gasteiger partial charge is 0.381 e. The molecule has 0 saturated heterocycles. The molecule has 92 valence electrons. The van der Waals surface area contributed by atoms with E-state index in [9.17, 15) is 9.90 Å². The Morgan fingerprint density at radius 1 is 1.50 bits per heavy atom. The van der Waals surface area contributed by atoms with Crippen LogP contribution < -0.4 is 0 Å². The van der Waals surface area contributed by atoms with Crippen LogP contribution in [0.3, 0.4) is 0 Å². The van der Waals surface area contributed by atoms with Gasteiger partial charge in [-0.25, -0.2) is 0 Å². The highest BCUT2D eigenvalue weighted by molar-refractivity contribution is 5.88. The van der Waals surface area contributed by atoms with Crippen LogP contribution in [0, 0.1) is 11.8 Å². The first-order valence-electron chi connectivity index (χ1n) is 6.21. The lowest BCUT2D eigenvalue weighted by atomic mass is 9.70. The minimum Gasteiger partial charge on any atom is -0.381 e. The summed E-state index contributed by atoms with van der Waals surface area (Å²) in [5, 5.41) is 10.6. The molecule has 2 unspecified atom stereocenters. The third-order valence-electron chi connectivity index (χ3n) is 4.00. The average molecular weight is 224 g/mol. The molecular weight excluding hydrogens is 200 g/mol. The van der Waals surface area contributed by atoms with Crippen LogP contribution in [-0.2, 0) is 4.79 Å². The molecule has 0 aromatic rings. The molecule has 0 aliphatic heterocycles. The standard InChI is InChI=1S/C14H24O2/c1-9(2)8-13(15)14(16)7-6-10(3)11(4)12(14)5/h9,12,16H,6-8H2,1-5H3. The van der Waals surface area contributed by atoms with Gasteiger partial charge in [0, 0.05) is 12.3 Å². The molecule has 0 aromatic carbocycles. The number of aliphatic hydroxyl groups is 1. The summed E-state index contributed by atoms with van der Waals surface area (Å²) in [5.74, 6) is 0.297. The number of carbonyl (C=O) groups is 1. The van der Waals surface area contributed by atoms with E-state index in [4.69, 9.17) is 0 Å². The fraction of sp³-hybridized carbons (Fsp3) is 0.786. The molecule has 1 aliphatic rings. The Hall–Kier alpha value is -0.630. The van der Waals surface area contributed by atoms with Crippen LogP contribution >= 0.6 is 0 Å². The van der Waals surface area contributed by atoms with E-state index in [1.807, 2.05) is 27.7 Å². The maximum Gasteiger partial charge on any atom is 0.165 e. The molecule has 16 heavy (non-hydrogen) atoms. The van der Waals surface area contributed by atoms with Crippen molar-refractivity contribution in [2.24, 2.45) is 11.8 Å². The van der Waals surface area contributed by atoms with Crippen LogP contribution in [0.25, 0.3) is 0 Å². The second kappa shape index (κ2) is 4.70. The van der Waals surface area contributed by atoms with Gasteiger partial charge in [-0.2, -0.15) is 0 Å². The van der Waals surface area contributed by atoms with Crippen molar-refractivity contribution in [2.45, 2.75) is 59.5 Å². The van der Waals surface area contributed by atoms with Gasteiger partial charge in [0.2, 0.25) is 0 Å². The first kappa shape index (κ1) is 13.4. The van der Waals surface area contributed by atoms with Crippen LogP contribution in [-0.4, -0.2) is 16.5 Å². The lowest BCUT2D eigenvalue weighted by Gasteiger charge is -2.38. The molecule has 2 heteroatoms. The van der Waals surface area contributed by atoms with Gasteiger partial charge in [-0.05, 0) is 32.6 Å². The van der Waals surface area contributed by atoms with E-state index in [-0.39, 0.29) is 11.7 Å². The lowest BCUT2D eigenvalue weighted by molar-refractivity contribution is -0.143. The topological polar surface area (TPSA) is 37.3 Å². The van der Waals surface area contributed by atoms with Gasteiger partial charge in [0.15, 0.2) is 5.78 Å². The van der Waals surface area contributed by atoms with Crippen molar-refractivity contribution in [3.8, 4) is 0 Å². The Morgan fingerprint density at radius 2 is 2.06 bits per heavy atom. The minimum atomic E-state index is -1.12. The average Bonchev–Trinajstić information content (AvgIpc) is 2.20. The maximum atomic E-state index is 12.1. The molecule has 0 heterocycles. The number of allylic oxidation sites excluding steroid dienone is 1. The number of carbonyl (C=O) groups excluding carboxylic acids is 1. The summed E-state index contributed by atoms with van der Waals surface area (Å²) in [4.78, 5) is 12.1. The zero-order valence-electron chi connectivity index (χ0n) is 11.1. The number of hydrogen-bond donors (Lipinski definition) is 1. The maximum absolute atomic E-state index is 12.1.